The van der Waals surface area contributed by atoms with Crippen molar-refractivity contribution in [1.29, 1.82) is 0 Å². The SMILES string of the molecule is N/N=C\N(N)CC(c1ccc(F)cc1F)C(F)(F)c1ccc(-c2ccc(C(F)F)s2)cn1. The normalized spacial score (nSPS) is 13.1. The predicted molar refractivity (Wildman–Crippen MR) is 109 cm³/mol. The summed E-state index contributed by atoms with van der Waals surface area (Å²) in [6.07, 6.45) is -0.657. The van der Waals surface area contributed by atoms with E-state index in [9.17, 15) is 17.6 Å². The Bertz CT molecular complexity index is 1090. The molecular formula is C20H17F6N5S. The van der Waals surface area contributed by atoms with E-state index in [0.29, 0.717) is 16.5 Å². The molecule has 1 unspecified atom stereocenters. The summed E-state index contributed by atoms with van der Waals surface area (Å²) in [6.45, 7) is -0.623. The Morgan fingerprint density at radius 2 is 1.88 bits per heavy atom. The zero-order valence-electron chi connectivity index (χ0n) is 16.2. The molecule has 0 aliphatic rings. The lowest BCUT2D eigenvalue weighted by atomic mass is 9.89. The van der Waals surface area contributed by atoms with Gasteiger partial charge in [0.25, 0.3) is 12.3 Å². The van der Waals surface area contributed by atoms with Gasteiger partial charge in [0, 0.05) is 29.2 Å². The van der Waals surface area contributed by atoms with Crippen molar-refractivity contribution in [2.24, 2.45) is 16.8 Å². The Morgan fingerprint density at radius 1 is 1.12 bits per heavy atom. The number of benzene rings is 1. The molecule has 0 aliphatic heterocycles. The van der Waals surface area contributed by atoms with Crippen LogP contribution in [0.5, 0.6) is 0 Å². The number of rotatable bonds is 8. The Hall–Kier alpha value is -3.12. The Kier molecular flexibility index (Phi) is 7.04. The van der Waals surface area contributed by atoms with Crippen LogP contribution in [0.15, 0.2) is 53.8 Å². The molecule has 0 bridgehead atoms. The summed E-state index contributed by atoms with van der Waals surface area (Å²) in [6, 6.07) is 7.26. The second-order valence-corrected chi connectivity index (χ2v) is 7.85. The zero-order chi connectivity index (χ0) is 23.5. The number of hydrazone groups is 1. The highest BCUT2D eigenvalue weighted by Crippen LogP contribution is 2.43. The zero-order valence-corrected chi connectivity index (χ0v) is 17.0. The minimum atomic E-state index is -3.75. The summed E-state index contributed by atoms with van der Waals surface area (Å²) in [4.78, 5) is 4.05. The minimum Gasteiger partial charge on any atom is -0.322 e. The van der Waals surface area contributed by atoms with Crippen molar-refractivity contribution >= 4 is 17.7 Å². The van der Waals surface area contributed by atoms with Crippen LogP contribution in [0, 0.1) is 11.6 Å². The molecule has 32 heavy (non-hydrogen) atoms. The van der Waals surface area contributed by atoms with E-state index in [1.54, 1.807) is 0 Å². The number of thiophene rings is 1. The standard InChI is InChI=1S/C20H17F6N5S/c21-12-2-3-13(15(22)7-12)14(9-31(28)10-30-27)20(25,26)18-6-1-11(8-29-18)16-4-5-17(32-16)19(23)24/h1-8,10,14,19H,9,27-28H2/b30-10-. The maximum Gasteiger partial charge on any atom is 0.298 e. The highest BCUT2D eigenvalue weighted by atomic mass is 32.1. The van der Waals surface area contributed by atoms with Crippen LogP contribution in [0.3, 0.4) is 0 Å². The molecule has 3 aromatic rings. The van der Waals surface area contributed by atoms with Crippen molar-refractivity contribution in [3.05, 3.63) is 76.4 Å². The third-order valence-electron chi connectivity index (χ3n) is 4.62. The summed E-state index contributed by atoms with van der Waals surface area (Å²) in [5, 5.41) is 3.89. The second-order valence-electron chi connectivity index (χ2n) is 6.74. The van der Waals surface area contributed by atoms with Gasteiger partial charge in [-0.25, -0.2) is 23.4 Å². The summed E-state index contributed by atoms with van der Waals surface area (Å²) in [5.74, 6) is 2.85. The Balaban J connectivity index is 1.97. The van der Waals surface area contributed by atoms with Crippen molar-refractivity contribution in [2.75, 3.05) is 6.54 Å². The van der Waals surface area contributed by atoms with Gasteiger partial charge in [0.05, 0.1) is 10.8 Å². The van der Waals surface area contributed by atoms with E-state index in [-0.39, 0.29) is 4.88 Å². The molecule has 5 nitrogen and oxygen atoms in total. The average molecular weight is 473 g/mol. The van der Waals surface area contributed by atoms with Crippen molar-refractivity contribution in [1.82, 2.24) is 9.99 Å². The van der Waals surface area contributed by atoms with Gasteiger partial charge in [0.2, 0.25) is 0 Å². The number of alkyl halides is 4. The molecule has 0 radical (unpaired) electrons. The van der Waals surface area contributed by atoms with E-state index >= 15 is 8.78 Å². The number of aromatic nitrogens is 1. The van der Waals surface area contributed by atoms with Gasteiger partial charge < -0.3 is 5.84 Å². The van der Waals surface area contributed by atoms with Crippen LogP contribution in [0.25, 0.3) is 10.4 Å². The summed E-state index contributed by atoms with van der Waals surface area (Å²) < 4.78 is 84.2. The lowest BCUT2D eigenvalue weighted by Crippen LogP contribution is -2.40. The van der Waals surface area contributed by atoms with E-state index in [4.69, 9.17) is 11.7 Å². The van der Waals surface area contributed by atoms with Gasteiger partial charge in [-0.05, 0) is 35.9 Å². The van der Waals surface area contributed by atoms with Crippen LogP contribution in [-0.2, 0) is 5.92 Å². The van der Waals surface area contributed by atoms with E-state index in [1.165, 1.54) is 18.2 Å². The largest absolute Gasteiger partial charge is 0.322 e. The lowest BCUT2D eigenvalue weighted by molar-refractivity contribution is -0.0443. The first-order valence-electron chi connectivity index (χ1n) is 9.05. The van der Waals surface area contributed by atoms with Gasteiger partial charge in [-0.2, -0.15) is 13.9 Å². The minimum absolute atomic E-state index is 0.161. The summed E-state index contributed by atoms with van der Waals surface area (Å²) >= 11 is 0.816. The Labute approximate surface area is 182 Å². The molecule has 1 atom stereocenters. The molecule has 4 N–H and O–H groups in total. The topological polar surface area (TPSA) is 80.5 Å². The van der Waals surface area contributed by atoms with E-state index in [2.05, 4.69) is 10.1 Å². The summed E-state index contributed by atoms with van der Waals surface area (Å²) in [5.41, 5.74) is -0.830. The fourth-order valence-corrected chi connectivity index (χ4v) is 3.93. The Morgan fingerprint density at radius 3 is 2.44 bits per heavy atom. The third-order valence-corrected chi connectivity index (χ3v) is 5.76. The molecule has 0 saturated carbocycles. The second kappa shape index (κ2) is 9.57. The van der Waals surface area contributed by atoms with E-state index in [0.717, 1.165) is 47.1 Å². The van der Waals surface area contributed by atoms with Crippen molar-refractivity contribution in [2.45, 2.75) is 18.3 Å². The molecule has 2 aromatic heterocycles. The van der Waals surface area contributed by atoms with Crippen LogP contribution >= 0.6 is 11.3 Å². The van der Waals surface area contributed by atoms with E-state index < -0.39 is 47.7 Å². The highest BCUT2D eigenvalue weighted by Gasteiger charge is 2.45. The van der Waals surface area contributed by atoms with Gasteiger partial charge in [0.15, 0.2) is 0 Å². The molecule has 0 saturated heterocycles. The van der Waals surface area contributed by atoms with Gasteiger partial charge in [-0.3, -0.25) is 9.99 Å². The van der Waals surface area contributed by atoms with E-state index in [1.807, 2.05) is 0 Å². The monoisotopic (exact) mass is 473 g/mol. The predicted octanol–water partition coefficient (Wildman–Crippen LogP) is 4.98. The van der Waals surface area contributed by atoms with Gasteiger partial charge >= 0.3 is 0 Å². The van der Waals surface area contributed by atoms with Gasteiger partial charge in [-0.15, -0.1) is 11.3 Å². The van der Waals surface area contributed by atoms with Crippen molar-refractivity contribution in [3.8, 4) is 10.4 Å². The molecule has 3 rings (SSSR count). The number of halogens is 6. The molecule has 0 aliphatic carbocycles. The fraction of sp³-hybridized carbons (Fsp3) is 0.200. The molecular weight excluding hydrogens is 456 g/mol. The first-order chi connectivity index (χ1) is 15.1. The third kappa shape index (κ3) is 5.02. The quantitative estimate of drug-likeness (QED) is 0.159. The van der Waals surface area contributed by atoms with Gasteiger partial charge in [0.1, 0.15) is 23.7 Å². The lowest BCUT2D eigenvalue weighted by Gasteiger charge is -2.29. The molecule has 0 amide bonds. The van der Waals surface area contributed by atoms with Crippen LogP contribution in [0.1, 0.15) is 28.5 Å². The van der Waals surface area contributed by atoms with Crippen molar-refractivity contribution in [3.63, 3.8) is 0 Å². The van der Waals surface area contributed by atoms with Crippen LogP contribution < -0.4 is 11.7 Å². The molecule has 1 aromatic carbocycles. The fourth-order valence-electron chi connectivity index (χ4n) is 3.08. The number of hydrazine groups is 1. The molecule has 2 heterocycles. The molecule has 170 valence electrons. The maximum atomic E-state index is 15.5. The van der Waals surface area contributed by atoms with Crippen LogP contribution in [0.2, 0.25) is 0 Å². The summed E-state index contributed by atoms with van der Waals surface area (Å²) in [7, 11) is 0. The number of nitrogens with zero attached hydrogens (tertiary/aromatic N) is 3. The smallest absolute Gasteiger partial charge is 0.298 e. The molecule has 12 heteroatoms. The number of hydrogen-bond acceptors (Lipinski definition) is 5. The number of pyridine rings is 1. The van der Waals surface area contributed by atoms with Crippen molar-refractivity contribution < 1.29 is 26.3 Å². The molecule has 0 spiro atoms. The molecule has 0 fully saturated rings. The van der Waals surface area contributed by atoms with Gasteiger partial charge in [-0.1, -0.05) is 6.07 Å². The number of hydrogen-bond donors (Lipinski definition) is 2. The number of nitrogens with two attached hydrogens (primary N) is 2. The highest BCUT2D eigenvalue weighted by molar-refractivity contribution is 7.15. The van der Waals surface area contributed by atoms with Crippen LogP contribution in [-0.4, -0.2) is 22.9 Å². The maximum absolute atomic E-state index is 15.5. The average Bonchev–Trinajstić information content (AvgIpc) is 3.23. The first-order valence-corrected chi connectivity index (χ1v) is 9.87. The van der Waals surface area contributed by atoms with Crippen LogP contribution in [0.4, 0.5) is 26.3 Å². The first kappa shape index (κ1) is 23.5.